The van der Waals surface area contributed by atoms with Gasteiger partial charge in [0.2, 0.25) is 0 Å². The minimum Gasteiger partial charge on any atom is -0.493 e. The smallest absolute Gasteiger partial charge is 0.128 e. The highest BCUT2D eigenvalue weighted by Crippen LogP contribution is 2.32. The fourth-order valence-electron chi connectivity index (χ4n) is 2.22. The molecule has 0 radical (unpaired) electrons. The molecule has 2 rings (SSSR count). The highest BCUT2D eigenvalue weighted by molar-refractivity contribution is 5.46. The van der Waals surface area contributed by atoms with Gasteiger partial charge in [0.1, 0.15) is 12.4 Å². The van der Waals surface area contributed by atoms with Crippen LogP contribution in [0.3, 0.4) is 0 Å². The zero-order valence-corrected chi connectivity index (χ0v) is 10.3. The number of rotatable bonds is 5. The molecule has 0 amide bonds. The maximum absolute atomic E-state index is 5.66. The van der Waals surface area contributed by atoms with E-state index >= 15 is 0 Å². The predicted molar refractivity (Wildman–Crippen MR) is 68.1 cm³/mol. The summed E-state index contributed by atoms with van der Waals surface area (Å²) in [5.74, 6) is 3.50. The molecule has 0 aliphatic carbocycles. The van der Waals surface area contributed by atoms with Crippen molar-refractivity contribution in [3.05, 3.63) is 28.8 Å². The molecule has 0 atom stereocenters. The monoisotopic (exact) mass is 230 g/mol. The Morgan fingerprint density at radius 3 is 3.12 bits per heavy atom. The molecule has 0 unspecified atom stereocenters. The second-order valence-corrected chi connectivity index (χ2v) is 4.29. The van der Waals surface area contributed by atoms with Crippen LogP contribution < -0.4 is 4.74 Å². The predicted octanol–water partition coefficient (Wildman–Crippen LogP) is 2.72. The molecule has 90 valence electrons. The van der Waals surface area contributed by atoms with Crippen LogP contribution in [0, 0.1) is 12.3 Å². The topological polar surface area (TPSA) is 18.5 Å². The van der Waals surface area contributed by atoms with Gasteiger partial charge in [-0.1, -0.05) is 25.3 Å². The minimum absolute atomic E-state index is 0.354. The lowest BCUT2D eigenvalue weighted by Crippen LogP contribution is -1.98. The van der Waals surface area contributed by atoms with Gasteiger partial charge in [0, 0.05) is 12.0 Å². The van der Waals surface area contributed by atoms with E-state index in [0.717, 1.165) is 37.2 Å². The SMILES string of the molecule is C#CCOCc1cc(CCC)cc2c1OCC2. The van der Waals surface area contributed by atoms with Gasteiger partial charge in [0.05, 0.1) is 13.2 Å². The summed E-state index contributed by atoms with van der Waals surface area (Å²) >= 11 is 0. The van der Waals surface area contributed by atoms with Crippen molar-refractivity contribution in [2.75, 3.05) is 13.2 Å². The van der Waals surface area contributed by atoms with Gasteiger partial charge in [-0.25, -0.2) is 0 Å². The summed E-state index contributed by atoms with van der Waals surface area (Å²) < 4.78 is 11.1. The van der Waals surface area contributed by atoms with Crippen LogP contribution in [0.2, 0.25) is 0 Å². The zero-order chi connectivity index (χ0) is 12.1. The fraction of sp³-hybridized carbons (Fsp3) is 0.467. The van der Waals surface area contributed by atoms with Crippen molar-refractivity contribution in [2.24, 2.45) is 0 Å². The fourth-order valence-corrected chi connectivity index (χ4v) is 2.22. The van der Waals surface area contributed by atoms with Gasteiger partial charge in [-0.2, -0.15) is 0 Å². The van der Waals surface area contributed by atoms with Crippen molar-refractivity contribution in [3.63, 3.8) is 0 Å². The molecule has 0 bridgehead atoms. The highest BCUT2D eigenvalue weighted by Gasteiger charge is 2.17. The molecule has 0 aromatic heterocycles. The number of hydrogen-bond acceptors (Lipinski definition) is 2. The van der Waals surface area contributed by atoms with Crippen molar-refractivity contribution in [1.82, 2.24) is 0 Å². The van der Waals surface area contributed by atoms with E-state index in [1.54, 1.807) is 0 Å². The Balaban J connectivity index is 2.20. The molecule has 0 fully saturated rings. The molecule has 1 heterocycles. The summed E-state index contributed by atoms with van der Waals surface area (Å²) in [6.07, 6.45) is 8.45. The number of terminal acetylenes is 1. The first kappa shape index (κ1) is 12.0. The largest absolute Gasteiger partial charge is 0.493 e. The molecular formula is C15H18O2. The molecule has 0 saturated carbocycles. The van der Waals surface area contributed by atoms with Crippen LogP contribution in [-0.2, 0) is 24.2 Å². The van der Waals surface area contributed by atoms with Gasteiger partial charge < -0.3 is 9.47 Å². The lowest BCUT2D eigenvalue weighted by Gasteiger charge is -2.10. The average Bonchev–Trinajstić information content (AvgIpc) is 2.78. The maximum atomic E-state index is 5.66. The molecule has 1 aliphatic rings. The zero-order valence-electron chi connectivity index (χ0n) is 10.3. The second kappa shape index (κ2) is 5.75. The quantitative estimate of drug-likeness (QED) is 0.572. The van der Waals surface area contributed by atoms with Gasteiger partial charge in [0.15, 0.2) is 0 Å². The van der Waals surface area contributed by atoms with Gasteiger partial charge in [0.25, 0.3) is 0 Å². The van der Waals surface area contributed by atoms with Crippen LogP contribution in [0.1, 0.15) is 30.0 Å². The highest BCUT2D eigenvalue weighted by atomic mass is 16.5. The van der Waals surface area contributed by atoms with Gasteiger partial charge in [-0.3, -0.25) is 0 Å². The standard InChI is InChI=1S/C15H18O2/c1-3-5-12-9-13-6-8-17-15(13)14(10-12)11-16-7-4-2/h2,9-10H,3,5-8,11H2,1H3. The van der Waals surface area contributed by atoms with Crippen LogP contribution in [0.5, 0.6) is 5.75 Å². The molecule has 0 spiro atoms. The Morgan fingerprint density at radius 2 is 2.35 bits per heavy atom. The molecule has 0 N–H and O–H groups in total. The number of fused-ring (bicyclic) bond motifs is 1. The molecular weight excluding hydrogens is 212 g/mol. The van der Waals surface area contributed by atoms with Crippen LogP contribution >= 0.6 is 0 Å². The second-order valence-electron chi connectivity index (χ2n) is 4.29. The Morgan fingerprint density at radius 1 is 1.47 bits per heavy atom. The Bertz CT molecular complexity index is 429. The van der Waals surface area contributed by atoms with Crippen LogP contribution in [0.15, 0.2) is 12.1 Å². The third-order valence-electron chi connectivity index (χ3n) is 2.90. The Labute approximate surface area is 103 Å². The molecule has 1 aromatic carbocycles. The number of benzene rings is 1. The lowest BCUT2D eigenvalue weighted by molar-refractivity contribution is 0.150. The van der Waals surface area contributed by atoms with E-state index in [0.29, 0.717) is 13.2 Å². The first-order valence-corrected chi connectivity index (χ1v) is 6.13. The normalized spacial score (nSPS) is 12.9. The van der Waals surface area contributed by atoms with Crippen molar-refractivity contribution in [2.45, 2.75) is 32.8 Å². The summed E-state index contributed by atoms with van der Waals surface area (Å²) in [4.78, 5) is 0. The van der Waals surface area contributed by atoms with E-state index < -0.39 is 0 Å². The summed E-state index contributed by atoms with van der Waals surface area (Å²) in [6, 6.07) is 4.45. The lowest BCUT2D eigenvalue weighted by atomic mass is 10.0. The summed E-state index contributed by atoms with van der Waals surface area (Å²) in [6.45, 7) is 3.88. The van der Waals surface area contributed by atoms with Crippen molar-refractivity contribution in [3.8, 4) is 18.1 Å². The summed E-state index contributed by atoms with van der Waals surface area (Å²) in [5.41, 5.74) is 3.82. The van der Waals surface area contributed by atoms with E-state index in [4.69, 9.17) is 15.9 Å². The van der Waals surface area contributed by atoms with E-state index in [1.807, 2.05) is 0 Å². The first-order chi connectivity index (χ1) is 8.35. The van der Waals surface area contributed by atoms with Crippen molar-refractivity contribution >= 4 is 0 Å². The van der Waals surface area contributed by atoms with Crippen LogP contribution in [0.4, 0.5) is 0 Å². The molecule has 2 nitrogen and oxygen atoms in total. The maximum Gasteiger partial charge on any atom is 0.128 e. The first-order valence-electron chi connectivity index (χ1n) is 6.13. The van der Waals surface area contributed by atoms with Gasteiger partial charge in [-0.15, -0.1) is 6.42 Å². The summed E-state index contributed by atoms with van der Waals surface area (Å²) in [5, 5.41) is 0. The third-order valence-corrected chi connectivity index (χ3v) is 2.90. The van der Waals surface area contributed by atoms with Gasteiger partial charge >= 0.3 is 0 Å². The molecule has 1 aromatic rings. The third kappa shape index (κ3) is 2.81. The number of ether oxygens (including phenoxy) is 2. The Kier molecular flexibility index (Phi) is 4.06. The van der Waals surface area contributed by atoms with E-state index in [2.05, 4.69) is 25.0 Å². The Hall–Kier alpha value is -1.46. The molecule has 2 heteroatoms. The van der Waals surface area contributed by atoms with Crippen LogP contribution in [-0.4, -0.2) is 13.2 Å². The van der Waals surface area contributed by atoms with Crippen molar-refractivity contribution in [1.29, 1.82) is 0 Å². The van der Waals surface area contributed by atoms with Gasteiger partial charge in [-0.05, 0) is 23.6 Å². The van der Waals surface area contributed by atoms with E-state index in [1.165, 1.54) is 11.1 Å². The number of hydrogen-bond donors (Lipinski definition) is 0. The van der Waals surface area contributed by atoms with E-state index in [9.17, 15) is 0 Å². The minimum atomic E-state index is 0.354. The number of aryl methyl sites for hydroxylation is 1. The molecule has 0 saturated heterocycles. The van der Waals surface area contributed by atoms with E-state index in [-0.39, 0.29) is 0 Å². The van der Waals surface area contributed by atoms with Crippen LogP contribution in [0.25, 0.3) is 0 Å². The van der Waals surface area contributed by atoms with Crippen molar-refractivity contribution < 1.29 is 9.47 Å². The summed E-state index contributed by atoms with van der Waals surface area (Å²) in [7, 11) is 0. The average molecular weight is 230 g/mol. The molecule has 17 heavy (non-hydrogen) atoms. The molecule has 1 aliphatic heterocycles.